The minimum atomic E-state index is -3.62. The van der Waals surface area contributed by atoms with Gasteiger partial charge in [0.05, 0.1) is 29.5 Å². The fourth-order valence-electron chi connectivity index (χ4n) is 6.57. The molecule has 1 atom stereocenters. The van der Waals surface area contributed by atoms with Crippen LogP contribution in [-0.4, -0.2) is 115 Å². The summed E-state index contributed by atoms with van der Waals surface area (Å²) in [5, 5.41) is 7.72. The van der Waals surface area contributed by atoms with E-state index in [2.05, 4.69) is 26.8 Å². The number of sulfonamides is 1. The number of ether oxygens (including phenoxy) is 1. The van der Waals surface area contributed by atoms with Crippen LogP contribution in [0.1, 0.15) is 56.5 Å². The van der Waals surface area contributed by atoms with Crippen molar-refractivity contribution in [1.82, 2.24) is 34.5 Å². The number of hydrogen-bond acceptors (Lipinski definition) is 8. The highest BCUT2D eigenvalue weighted by molar-refractivity contribution is 7.89. The van der Waals surface area contributed by atoms with Gasteiger partial charge in [-0.25, -0.2) is 17.8 Å². The molecule has 242 valence electrons. The Morgan fingerprint density at radius 2 is 1.70 bits per heavy atom. The lowest BCUT2D eigenvalue weighted by molar-refractivity contribution is -0.160. The van der Waals surface area contributed by atoms with Gasteiger partial charge in [0.2, 0.25) is 21.8 Å². The normalized spacial score (nSPS) is 21.6. The molecule has 3 aliphatic heterocycles. The standard InChI is InChI=1S/C31H47N7O5S/c1-5-6-14-37-29(39)24(3)33-30(40)31(37)11-15-36(16-12-31)22-28-23(2)34-38(25(28)4)26-7-9-27(10-8-26)44(41,42)32-13-17-35-18-20-43-21-19-35/h7-10,24,32H,5-6,11-22H2,1-4H3,(H,33,40)/t24-/m0/s1. The maximum atomic E-state index is 13.3. The molecule has 2 aromatic rings. The Labute approximate surface area is 261 Å². The van der Waals surface area contributed by atoms with Gasteiger partial charge >= 0.3 is 0 Å². The third kappa shape index (κ3) is 6.71. The van der Waals surface area contributed by atoms with Crippen molar-refractivity contribution in [3.8, 4) is 5.69 Å². The van der Waals surface area contributed by atoms with Crippen molar-refractivity contribution in [3.63, 3.8) is 0 Å². The second-order valence-electron chi connectivity index (χ2n) is 12.3. The fourth-order valence-corrected chi connectivity index (χ4v) is 7.59. The summed E-state index contributed by atoms with van der Waals surface area (Å²) in [6.45, 7) is 14.6. The third-order valence-electron chi connectivity index (χ3n) is 9.38. The number of nitrogens with one attached hydrogen (secondary N) is 2. The van der Waals surface area contributed by atoms with E-state index in [1.807, 2.05) is 23.4 Å². The van der Waals surface area contributed by atoms with Crippen LogP contribution in [0.5, 0.6) is 0 Å². The number of unbranched alkanes of at least 4 members (excludes halogenated alkanes) is 1. The number of piperidine rings is 1. The van der Waals surface area contributed by atoms with E-state index in [1.165, 1.54) is 0 Å². The highest BCUT2D eigenvalue weighted by atomic mass is 32.2. The summed E-state index contributed by atoms with van der Waals surface area (Å²) in [5.74, 6) is -0.0136. The number of rotatable bonds is 11. The number of morpholine rings is 1. The summed E-state index contributed by atoms with van der Waals surface area (Å²) in [5.41, 5.74) is 3.03. The number of carbonyl (C=O) groups excluding carboxylic acids is 2. The highest BCUT2D eigenvalue weighted by Gasteiger charge is 2.52. The van der Waals surface area contributed by atoms with Gasteiger partial charge in [-0.15, -0.1) is 0 Å². The molecule has 3 saturated heterocycles. The topological polar surface area (TPSA) is 129 Å². The summed E-state index contributed by atoms with van der Waals surface area (Å²) >= 11 is 0. The van der Waals surface area contributed by atoms with Gasteiger partial charge in [-0.1, -0.05) is 13.3 Å². The van der Waals surface area contributed by atoms with Gasteiger partial charge in [0.25, 0.3) is 0 Å². The van der Waals surface area contributed by atoms with Crippen LogP contribution < -0.4 is 10.0 Å². The Hall–Kier alpha value is -2.84. The summed E-state index contributed by atoms with van der Waals surface area (Å²) in [6, 6.07) is 6.33. The van der Waals surface area contributed by atoms with Gasteiger partial charge in [-0.05, 0) is 64.3 Å². The van der Waals surface area contributed by atoms with E-state index >= 15 is 0 Å². The summed E-state index contributed by atoms with van der Waals surface area (Å²) in [6.07, 6.45) is 3.05. The Balaban J connectivity index is 1.22. The molecule has 3 aliphatic rings. The molecule has 5 rings (SSSR count). The van der Waals surface area contributed by atoms with E-state index in [9.17, 15) is 18.0 Å². The molecule has 0 radical (unpaired) electrons. The lowest BCUT2D eigenvalue weighted by Crippen LogP contribution is -2.72. The monoisotopic (exact) mass is 629 g/mol. The Morgan fingerprint density at radius 3 is 2.36 bits per heavy atom. The molecule has 1 aromatic heterocycles. The Morgan fingerprint density at radius 1 is 1.02 bits per heavy atom. The quantitative estimate of drug-likeness (QED) is 0.384. The molecule has 0 bridgehead atoms. The SMILES string of the molecule is CCCCN1C(=O)[C@H](C)NC(=O)C12CCN(Cc1c(C)nn(-c3ccc(S(=O)(=O)NCCN4CCOCC4)cc3)c1C)CC2. The van der Waals surface area contributed by atoms with E-state index < -0.39 is 21.6 Å². The van der Waals surface area contributed by atoms with E-state index in [0.717, 1.165) is 48.6 Å². The third-order valence-corrected chi connectivity index (χ3v) is 10.9. The minimum Gasteiger partial charge on any atom is -0.379 e. The molecule has 0 saturated carbocycles. The molecule has 44 heavy (non-hydrogen) atoms. The second kappa shape index (κ2) is 13.7. The van der Waals surface area contributed by atoms with Crippen molar-refractivity contribution >= 4 is 21.8 Å². The number of piperazine rings is 1. The smallest absolute Gasteiger partial charge is 0.246 e. The van der Waals surface area contributed by atoms with E-state index in [-0.39, 0.29) is 16.7 Å². The number of nitrogens with zero attached hydrogens (tertiary/aromatic N) is 5. The molecule has 1 aromatic carbocycles. The molecule has 0 aliphatic carbocycles. The molecule has 1 spiro atoms. The van der Waals surface area contributed by atoms with Crippen LogP contribution in [0.4, 0.5) is 0 Å². The molecule has 12 nitrogen and oxygen atoms in total. The number of aromatic nitrogens is 2. The average Bonchev–Trinajstić information content (AvgIpc) is 3.30. The minimum absolute atomic E-state index is 0.0158. The summed E-state index contributed by atoms with van der Waals surface area (Å²) < 4.78 is 35.7. The Kier molecular flexibility index (Phi) is 10.1. The van der Waals surface area contributed by atoms with E-state index in [1.54, 1.807) is 31.2 Å². The number of likely N-dealkylation sites (tertiary alicyclic amines) is 1. The average molecular weight is 630 g/mol. The van der Waals surface area contributed by atoms with Crippen LogP contribution in [0.25, 0.3) is 5.69 Å². The van der Waals surface area contributed by atoms with Gasteiger partial charge < -0.3 is 15.0 Å². The van der Waals surface area contributed by atoms with Gasteiger partial charge in [0.1, 0.15) is 11.6 Å². The molecule has 0 unspecified atom stereocenters. The van der Waals surface area contributed by atoms with Crippen LogP contribution in [0.2, 0.25) is 0 Å². The molecular weight excluding hydrogens is 582 g/mol. The molecular formula is C31H47N7O5S. The lowest BCUT2D eigenvalue weighted by Gasteiger charge is -2.51. The second-order valence-corrected chi connectivity index (χ2v) is 14.0. The first-order chi connectivity index (χ1) is 21.1. The molecule has 2 N–H and O–H groups in total. The van der Waals surface area contributed by atoms with Crippen molar-refractivity contribution < 1.29 is 22.7 Å². The van der Waals surface area contributed by atoms with Crippen molar-refractivity contribution in [1.29, 1.82) is 0 Å². The van der Waals surface area contributed by atoms with Crippen molar-refractivity contribution in [2.45, 2.75) is 76.4 Å². The van der Waals surface area contributed by atoms with E-state index in [4.69, 9.17) is 9.84 Å². The fraction of sp³-hybridized carbons (Fsp3) is 0.645. The Bertz CT molecular complexity index is 1430. The molecule has 4 heterocycles. The van der Waals surface area contributed by atoms with Crippen LogP contribution in [-0.2, 0) is 30.9 Å². The van der Waals surface area contributed by atoms with Gasteiger partial charge in [-0.2, -0.15) is 5.10 Å². The number of amides is 2. The van der Waals surface area contributed by atoms with Crippen molar-refractivity contribution in [2.75, 3.05) is 59.0 Å². The predicted octanol–water partition coefficient (Wildman–Crippen LogP) is 1.58. The molecule has 2 amide bonds. The molecule has 13 heteroatoms. The zero-order chi connectivity index (χ0) is 31.5. The van der Waals surface area contributed by atoms with Crippen LogP contribution in [0.15, 0.2) is 29.2 Å². The van der Waals surface area contributed by atoms with Crippen LogP contribution in [0.3, 0.4) is 0 Å². The lowest BCUT2D eigenvalue weighted by atomic mass is 9.81. The van der Waals surface area contributed by atoms with Gasteiger partial charge in [0.15, 0.2) is 0 Å². The first-order valence-corrected chi connectivity index (χ1v) is 17.3. The number of benzene rings is 1. The number of carbonyl (C=O) groups is 2. The number of aryl methyl sites for hydroxylation is 1. The number of hydrogen-bond donors (Lipinski definition) is 2. The summed E-state index contributed by atoms with van der Waals surface area (Å²) in [7, 11) is -3.62. The van der Waals surface area contributed by atoms with Crippen LogP contribution >= 0.6 is 0 Å². The maximum Gasteiger partial charge on any atom is 0.246 e. The maximum absolute atomic E-state index is 13.3. The van der Waals surface area contributed by atoms with E-state index in [0.29, 0.717) is 65.3 Å². The van der Waals surface area contributed by atoms with Crippen molar-refractivity contribution in [2.24, 2.45) is 0 Å². The summed E-state index contributed by atoms with van der Waals surface area (Å²) in [4.78, 5) is 32.9. The zero-order valence-corrected chi connectivity index (χ0v) is 27.3. The first kappa shape index (κ1) is 32.6. The van der Waals surface area contributed by atoms with Crippen LogP contribution in [0, 0.1) is 13.8 Å². The van der Waals surface area contributed by atoms with Gasteiger partial charge in [0, 0.05) is 63.6 Å². The van der Waals surface area contributed by atoms with Gasteiger partial charge in [-0.3, -0.25) is 19.4 Å². The predicted molar refractivity (Wildman–Crippen MR) is 167 cm³/mol. The van der Waals surface area contributed by atoms with Crippen molar-refractivity contribution in [3.05, 3.63) is 41.2 Å². The largest absolute Gasteiger partial charge is 0.379 e. The zero-order valence-electron chi connectivity index (χ0n) is 26.5. The molecule has 3 fully saturated rings. The first-order valence-electron chi connectivity index (χ1n) is 15.9. The highest BCUT2D eigenvalue weighted by Crippen LogP contribution is 2.34.